The first-order valence-electron chi connectivity index (χ1n) is 6.06. The number of hydrogen-bond donors (Lipinski definition) is 2. The molecule has 0 atom stereocenters. The van der Waals surface area contributed by atoms with E-state index in [2.05, 4.69) is 26.2 Å². The summed E-state index contributed by atoms with van der Waals surface area (Å²) >= 11 is 3.47. The number of rotatable bonds is 5. The lowest BCUT2D eigenvalue weighted by molar-refractivity contribution is 0.337. The van der Waals surface area contributed by atoms with Crippen molar-refractivity contribution in [3.8, 4) is 5.75 Å². The van der Waals surface area contributed by atoms with Crippen LogP contribution in [0.3, 0.4) is 0 Å². The Morgan fingerprint density at radius 2 is 2.21 bits per heavy atom. The molecule has 0 amide bonds. The van der Waals surface area contributed by atoms with E-state index in [-0.39, 0.29) is 0 Å². The molecular formula is C14H16BrN3O. The molecular weight excluding hydrogens is 306 g/mol. The maximum atomic E-state index is 5.80. The number of ether oxygens (including phenoxy) is 1. The molecule has 0 fully saturated rings. The van der Waals surface area contributed by atoms with Crippen LogP contribution >= 0.6 is 15.9 Å². The molecule has 0 spiro atoms. The number of nitrogens with two attached hydrogens (primary N) is 1. The molecule has 0 saturated carbocycles. The molecule has 1 aromatic carbocycles. The number of nitrogens with one attached hydrogen (secondary N) is 1. The van der Waals surface area contributed by atoms with E-state index in [4.69, 9.17) is 10.5 Å². The van der Waals surface area contributed by atoms with E-state index >= 15 is 0 Å². The maximum absolute atomic E-state index is 5.80. The summed E-state index contributed by atoms with van der Waals surface area (Å²) in [4.78, 5) is 4.04. The van der Waals surface area contributed by atoms with Crippen molar-refractivity contribution in [1.29, 1.82) is 0 Å². The van der Waals surface area contributed by atoms with Gasteiger partial charge in [-0.25, -0.2) is 4.98 Å². The minimum absolute atomic E-state index is 0.496. The van der Waals surface area contributed by atoms with Gasteiger partial charge < -0.3 is 15.8 Å². The van der Waals surface area contributed by atoms with Crippen molar-refractivity contribution < 1.29 is 4.74 Å². The normalized spacial score (nSPS) is 10.2. The summed E-state index contributed by atoms with van der Waals surface area (Å²) in [5, 5.41) is 3.27. The van der Waals surface area contributed by atoms with Crippen LogP contribution in [0, 0.1) is 0 Å². The maximum Gasteiger partial charge on any atom is 0.146 e. The second kappa shape index (κ2) is 6.43. The fraction of sp³-hybridized carbons (Fsp3) is 0.214. The highest BCUT2D eigenvalue weighted by Crippen LogP contribution is 2.25. The molecule has 0 bridgehead atoms. The van der Waals surface area contributed by atoms with Gasteiger partial charge in [-0.15, -0.1) is 0 Å². The van der Waals surface area contributed by atoms with Crippen molar-refractivity contribution in [2.75, 3.05) is 17.7 Å². The second-order valence-corrected chi connectivity index (χ2v) is 4.89. The number of anilines is 2. The van der Waals surface area contributed by atoms with Gasteiger partial charge in [0.25, 0.3) is 0 Å². The highest BCUT2D eigenvalue weighted by molar-refractivity contribution is 9.10. The minimum atomic E-state index is 0.496. The van der Waals surface area contributed by atoms with Crippen molar-refractivity contribution in [2.45, 2.75) is 13.5 Å². The van der Waals surface area contributed by atoms with Gasteiger partial charge in [0.2, 0.25) is 0 Å². The topological polar surface area (TPSA) is 60.2 Å². The zero-order valence-corrected chi connectivity index (χ0v) is 12.3. The number of benzene rings is 1. The smallest absolute Gasteiger partial charge is 0.146 e. The third-order valence-electron chi connectivity index (χ3n) is 2.63. The minimum Gasteiger partial charge on any atom is -0.494 e. The van der Waals surface area contributed by atoms with Gasteiger partial charge in [0, 0.05) is 22.8 Å². The fourth-order valence-corrected chi connectivity index (χ4v) is 2.15. The fourth-order valence-electron chi connectivity index (χ4n) is 1.74. The highest BCUT2D eigenvalue weighted by atomic mass is 79.9. The summed E-state index contributed by atoms with van der Waals surface area (Å²) in [5.41, 5.74) is 7.69. The Balaban J connectivity index is 2.14. The lowest BCUT2D eigenvalue weighted by Gasteiger charge is -2.13. The number of hydrogen-bond acceptors (Lipinski definition) is 4. The van der Waals surface area contributed by atoms with Gasteiger partial charge in [0.15, 0.2) is 0 Å². The molecule has 0 aliphatic rings. The van der Waals surface area contributed by atoms with Crippen LogP contribution in [0.1, 0.15) is 12.5 Å². The molecule has 2 aromatic rings. The molecule has 3 N–H and O–H groups in total. The molecule has 0 unspecified atom stereocenters. The molecule has 19 heavy (non-hydrogen) atoms. The molecule has 0 radical (unpaired) electrons. The van der Waals surface area contributed by atoms with Crippen LogP contribution in [0.25, 0.3) is 0 Å². The summed E-state index contributed by atoms with van der Waals surface area (Å²) in [6.45, 7) is 3.24. The predicted octanol–water partition coefficient (Wildman–Crippen LogP) is 3.44. The summed E-state index contributed by atoms with van der Waals surface area (Å²) in [5.74, 6) is 1.37. The van der Waals surface area contributed by atoms with Crippen LogP contribution < -0.4 is 15.8 Å². The third kappa shape index (κ3) is 3.61. The van der Waals surface area contributed by atoms with Crippen LogP contribution in [0.15, 0.2) is 41.0 Å². The lowest BCUT2D eigenvalue weighted by Crippen LogP contribution is -2.05. The van der Waals surface area contributed by atoms with Gasteiger partial charge >= 0.3 is 0 Å². The van der Waals surface area contributed by atoms with Gasteiger partial charge in [0.1, 0.15) is 11.6 Å². The molecule has 2 rings (SSSR count). The molecule has 0 saturated heterocycles. The van der Waals surface area contributed by atoms with Crippen LogP contribution in [-0.4, -0.2) is 11.6 Å². The zero-order chi connectivity index (χ0) is 13.7. The van der Waals surface area contributed by atoms with E-state index < -0.39 is 0 Å². The van der Waals surface area contributed by atoms with Gasteiger partial charge in [-0.2, -0.15) is 0 Å². The van der Waals surface area contributed by atoms with E-state index in [9.17, 15) is 0 Å². The van der Waals surface area contributed by atoms with Crippen molar-refractivity contribution >= 4 is 27.4 Å². The molecule has 100 valence electrons. The SMILES string of the molecule is CCOc1ccc(Br)cc1CNc1cccnc1N. The predicted molar refractivity (Wildman–Crippen MR) is 81.3 cm³/mol. The van der Waals surface area contributed by atoms with Crippen molar-refractivity contribution in [3.63, 3.8) is 0 Å². The summed E-state index contributed by atoms with van der Waals surface area (Å²) in [6, 6.07) is 9.71. The van der Waals surface area contributed by atoms with Gasteiger partial charge in [0.05, 0.1) is 12.3 Å². The highest BCUT2D eigenvalue weighted by Gasteiger charge is 2.05. The standard InChI is InChI=1S/C14H16BrN3O/c1-2-19-13-6-5-11(15)8-10(13)9-18-12-4-3-7-17-14(12)16/h3-8,18H,2,9H2,1H3,(H2,16,17). The Kier molecular flexibility index (Phi) is 4.63. The average molecular weight is 322 g/mol. The van der Waals surface area contributed by atoms with Crippen LogP contribution in [-0.2, 0) is 6.54 Å². The van der Waals surface area contributed by atoms with Crippen LogP contribution in [0.4, 0.5) is 11.5 Å². The molecule has 5 heteroatoms. The van der Waals surface area contributed by atoms with Crippen molar-refractivity contribution in [3.05, 3.63) is 46.6 Å². The number of pyridine rings is 1. The van der Waals surface area contributed by atoms with E-state index in [0.29, 0.717) is 19.0 Å². The zero-order valence-electron chi connectivity index (χ0n) is 10.7. The molecule has 0 aliphatic heterocycles. The summed E-state index contributed by atoms with van der Waals surface area (Å²) in [6.07, 6.45) is 1.67. The van der Waals surface area contributed by atoms with Crippen LogP contribution in [0.2, 0.25) is 0 Å². The monoisotopic (exact) mass is 321 g/mol. The Morgan fingerprint density at radius 1 is 1.37 bits per heavy atom. The Hall–Kier alpha value is -1.75. The number of aromatic nitrogens is 1. The third-order valence-corrected chi connectivity index (χ3v) is 3.12. The van der Waals surface area contributed by atoms with Gasteiger partial charge in [-0.05, 0) is 37.3 Å². The first-order valence-corrected chi connectivity index (χ1v) is 6.85. The Labute approximate surface area is 121 Å². The number of halogens is 1. The van der Waals surface area contributed by atoms with Gasteiger partial charge in [-0.3, -0.25) is 0 Å². The quantitative estimate of drug-likeness (QED) is 0.885. The first-order chi connectivity index (χ1) is 9.20. The molecule has 1 aromatic heterocycles. The Morgan fingerprint density at radius 3 is 2.95 bits per heavy atom. The number of nitrogens with zero attached hydrogens (tertiary/aromatic N) is 1. The van der Waals surface area contributed by atoms with E-state index in [1.54, 1.807) is 6.20 Å². The first kappa shape index (κ1) is 13.7. The Bertz CT molecular complexity index is 560. The van der Waals surface area contributed by atoms with E-state index in [0.717, 1.165) is 21.5 Å². The van der Waals surface area contributed by atoms with E-state index in [1.165, 1.54) is 0 Å². The van der Waals surface area contributed by atoms with E-state index in [1.807, 2.05) is 37.3 Å². The van der Waals surface area contributed by atoms with Gasteiger partial charge in [-0.1, -0.05) is 15.9 Å². The lowest BCUT2D eigenvalue weighted by atomic mass is 10.2. The molecule has 4 nitrogen and oxygen atoms in total. The molecule has 0 aliphatic carbocycles. The average Bonchev–Trinajstić information content (AvgIpc) is 2.41. The number of nitrogen functional groups attached to an aromatic ring is 1. The van der Waals surface area contributed by atoms with Crippen molar-refractivity contribution in [2.24, 2.45) is 0 Å². The van der Waals surface area contributed by atoms with Crippen molar-refractivity contribution in [1.82, 2.24) is 4.98 Å². The summed E-state index contributed by atoms with van der Waals surface area (Å²) in [7, 11) is 0. The largest absolute Gasteiger partial charge is 0.494 e. The second-order valence-electron chi connectivity index (χ2n) is 3.97. The van der Waals surface area contributed by atoms with Crippen LogP contribution in [0.5, 0.6) is 5.75 Å². The summed E-state index contributed by atoms with van der Waals surface area (Å²) < 4.78 is 6.62. The molecule has 1 heterocycles.